The SMILES string of the molecule is CC[C@H](C)[C@H](CC(=O)[C@H]1CCCCN1C)C(=O)N(C)[C@H](C[C@@H](OC(C)=O)c1nc(C(=O)N[C@@H](Cc2ccc(CC(=O)[C@H](CCCCC(N)=O)NC(=O)[C@@H](CC(=O)CCCCCN3C(=O)C=CC3=O)C(C)C)cc2)CC(C)C(=O)O)cs1)C(C)C. The summed E-state index contributed by atoms with van der Waals surface area (Å²) in [4.78, 5) is 153. The summed E-state index contributed by atoms with van der Waals surface area (Å²) >= 11 is 1.12. The van der Waals surface area contributed by atoms with E-state index < -0.39 is 71.6 Å². The predicted molar refractivity (Wildman–Crippen MR) is 319 cm³/mol. The molecule has 0 spiro atoms. The molecule has 20 nitrogen and oxygen atoms in total. The van der Waals surface area contributed by atoms with E-state index >= 15 is 0 Å². The topological polar surface area (TPSA) is 290 Å². The Balaban J connectivity index is 1.44. The highest BCUT2D eigenvalue weighted by molar-refractivity contribution is 7.09. The second kappa shape index (κ2) is 34.5. The first-order valence-electron chi connectivity index (χ1n) is 30.1. The number of amides is 6. The van der Waals surface area contributed by atoms with Crippen LogP contribution in [0.2, 0.25) is 0 Å². The fourth-order valence-corrected chi connectivity index (χ4v) is 12.0. The molecule has 2 aliphatic heterocycles. The van der Waals surface area contributed by atoms with Crippen molar-refractivity contribution < 1.29 is 62.6 Å². The van der Waals surface area contributed by atoms with E-state index in [1.165, 1.54) is 19.1 Å². The third-order valence-electron chi connectivity index (χ3n) is 16.6. The number of ether oxygens (including phenoxy) is 1. The van der Waals surface area contributed by atoms with Crippen LogP contribution >= 0.6 is 11.3 Å². The highest BCUT2D eigenvalue weighted by Gasteiger charge is 2.38. The number of carbonyl (C=O) groups excluding carboxylic acids is 10. The minimum Gasteiger partial charge on any atom is -0.481 e. The number of esters is 1. The molecule has 6 amide bonds. The van der Waals surface area contributed by atoms with Crippen LogP contribution < -0.4 is 16.4 Å². The molecular formula is C63H93N7O13S. The molecule has 5 N–H and O–H groups in total. The van der Waals surface area contributed by atoms with Crippen LogP contribution in [0.5, 0.6) is 0 Å². The van der Waals surface area contributed by atoms with E-state index in [4.69, 9.17) is 10.5 Å². The van der Waals surface area contributed by atoms with Crippen molar-refractivity contribution >= 4 is 76.1 Å². The Kier molecular flexibility index (Phi) is 28.7. The number of benzene rings is 1. The summed E-state index contributed by atoms with van der Waals surface area (Å²) in [6, 6.07) is 4.81. The first kappa shape index (κ1) is 70.0. The summed E-state index contributed by atoms with van der Waals surface area (Å²) in [6.07, 6.45) is 8.58. The lowest BCUT2D eigenvalue weighted by Gasteiger charge is -2.37. The van der Waals surface area contributed by atoms with E-state index in [0.29, 0.717) is 49.1 Å². The number of aliphatic carboxylic acids is 1. The number of nitrogens with one attached hydrogen (secondary N) is 2. The standard InChI is InChI=1S/C63H93N7O13S/c1-11-40(6)48(35-54(74)51-21-16-18-29-68(51)9)62(80)69(10)52(39(4)5)36-55(83-42(8)71)61-67-50(37-84-61)60(79)65-45(31-41(7)63(81)82)32-43-23-25-44(26-24-43)33-53(73)49(20-14-15-22-56(64)75)66-59(78)47(38(2)3)34-46(72)19-13-12-17-30-70-57(76)27-28-58(70)77/h23-28,37-41,45,47-49,51-52,55H,11-22,29-36H2,1-10H3,(H2,64,75)(H,65,79)(H,66,78)(H,81,82)/t40-,41?,45+,47-,48-,49-,51+,52+,55+/m0/s1. The number of nitrogens with zero attached hydrogens (tertiary/aromatic N) is 4. The number of likely N-dealkylation sites (N-methyl/N-ethyl adjacent to an activating group) is 1. The van der Waals surface area contributed by atoms with Crippen molar-refractivity contribution in [3.63, 3.8) is 0 Å². The Morgan fingerprint density at radius 1 is 0.833 bits per heavy atom. The van der Waals surface area contributed by atoms with Gasteiger partial charge in [0.25, 0.3) is 17.7 Å². The third-order valence-corrected chi connectivity index (χ3v) is 17.5. The van der Waals surface area contributed by atoms with Crippen molar-refractivity contribution in [2.24, 2.45) is 41.2 Å². The van der Waals surface area contributed by atoms with Crippen LogP contribution in [0, 0.1) is 35.5 Å². The Morgan fingerprint density at radius 2 is 1.49 bits per heavy atom. The average Bonchev–Trinajstić information content (AvgIpc) is 3.92. The normalized spacial score (nSPS) is 17.4. The van der Waals surface area contributed by atoms with Crippen molar-refractivity contribution in [1.82, 2.24) is 30.3 Å². The Hall–Kier alpha value is -6.48. The van der Waals surface area contributed by atoms with E-state index in [2.05, 4.69) is 20.5 Å². The van der Waals surface area contributed by atoms with Gasteiger partial charge in [-0.05, 0) is 93.8 Å². The highest BCUT2D eigenvalue weighted by atomic mass is 32.1. The van der Waals surface area contributed by atoms with Crippen molar-refractivity contribution in [3.05, 3.63) is 63.6 Å². The van der Waals surface area contributed by atoms with Crippen LogP contribution in [0.25, 0.3) is 0 Å². The van der Waals surface area contributed by atoms with Gasteiger partial charge in [0.15, 0.2) is 17.7 Å². The number of unbranched alkanes of at least 4 members (excludes halogenated alkanes) is 3. The lowest BCUT2D eigenvalue weighted by molar-refractivity contribution is -0.150. The number of Topliss-reactive ketones (excluding diaryl/α,β-unsaturated/α-hetero) is 3. The van der Waals surface area contributed by atoms with Gasteiger partial charge in [0, 0.05) is 100 Å². The van der Waals surface area contributed by atoms with Crippen molar-refractivity contribution in [1.29, 1.82) is 0 Å². The number of primary amides is 1. The molecule has 2 aliphatic rings. The molecule has 84 heavy (non-hydrogen) atoms. The number of piperidine rings is 1. The number of rotatable bonds is 38. The number of ketones is 3. The lowest BCUT2D eigenvalue weighted by Crippen LogP contribution is -2.48. The summed E-state index contributed by atoms with van der Waals surface area (Å²) in [6.45, 7) is 15.5. The first-order chi connectivity index (χ1) is 39.7. The molecule has 1 fully saturated rings. The second-order valence-electron chi connectivity index (χ2n) is 24.0. The number of carboxylic acids is 1. The van der Waals surface area contributed by atoms with Crippen molar-refractivity contribution in [2.45, 2.75) is 201 Å². The zero-order valence-electron chi connectivity index (χ0n) is 51.2. The number of likely N-dealkylation sites (tertiary alicyclic amines) is 1. The Morgan fingerprint density at radius 3 is 2.08 bits per heavy atom. The number of nitrogens with two attached hydrogens (primary N) is 1. The maximum Gasteiger partial charge on any atom is 0.306 e. The van der Waals surface area contributed by atoms with Crippen molar-refractivity contribution in [3.8, 4) is 0 Å². The molecule has 1 unspecified atom stereocenters. The predicted octanol–water partition coefficient (Wildman–Crippen LogP) is 7.54. The van der Waals surface area contributed by atoms with Crippen LogP contribution in [-0.2, 0) is 65.5 Å². The Labute approximate surface area is 500 Å². The minimum absolute atomic E-state index is 0.0280. The maximum absolute atomic E-state index is 14.5. The summed E-state index contributed by atoms with van der Waals surface area (Å²) in [7, 11) is 3.68. The molecule has 1 aromatic heterocycles. The van der Waals surface area contributed by atoms with Gasteiger partial charge in [-0.2, -0.15) is 0 Å². The van der Waals surface area contributed by atoms with E-state index in [0.717, 1.165) is 47.6 Å². The molecule has 464 valence electrons. The first-order valence-corrected chi connectivity index (χ1v) is 31.0. The summed E-state index contributed by atoms with van der Waals surface area (Å²) in [5, 5.41) is 17.7. The molecule has 1 aromatic carbocycles. The third kappa shape index (κ3) is 22.2. The number of carbonyl (C=O) groups is 11. The summed E-state index contributed by atoms with van der Waals surface area (Å²) < 4.78 is 5.85. The van der Waals surface area contributed by atoms with Gasteiger partial charge in [-0.1, -0.05) is 98.4 Å². The maximum atomic E-state index is 14.5. The number of hydrogen-bond acceptors (Lipinski definition) is 15. The van der Waals surface area contributed by atoms with Gasteiger partial charge in [0.05, 0.1) is 18.0 Å². The largest absolute Gasteiger partial charge is 0.481 e. The highest BCUT2D eigenvalue weighted by Crippen LogP contribution is 2.33. The quantitative estimate of drug-likeness (QED) is 0.0287. The van der Waals surface area contributed by atoms with Gasteiger partial charge >= 0.3 is 11.9 Å². The number of hydrogen-bond donors (Lipinski definition) is 4. The molecule has 21 heteroatoms. The second-order valence-corrected chi connectivity index (χ2v) is 24.9. The van der Waals surface area contributed by atoms with E-state index in [-0.39, 0.29) is 129 Å². The van der Waals surface area contributed by atoms with Gasteiger partial charge in [0.1, 0.15) is 16.5 Å². The van der Waals surface area contributed by atoms with Crippen LogP contribution in [-0.4, -0.2) is 141 Å². The smallest absolute Gasteiger partial charge is 0.306 e. The summed E-state index contributed by atoms with van der Waals surface area (Å²) in [5.41, 5.74) is 6.77. The minimum atomic E-state index is -1.05. The van der Waals surface area contributed by atoms with Gasteiger partial charge in [-0.3, -0.25) is 62.5 Å². The van der Waals surface area contributed by atoms with Gasteiger partial charge < -0.3 is 31.1 Å². The molecular weight excluding hydrogens is 1090 g/mol. The summed E-state index contributed by atoms with van der Waals surface area (Å²) in [5.74, 6) is -6.80. The molecule has 0 aliphatic carbocycles. The molecule has 0 radical (unpaired) electrons. The zero-order chi connectivity index (χ0) is 62.4. The molecule has 9 atom stereocenters. The number of thiazole rings is 1. The van der Waals surface area contributed by atoms with Crippen LogP contribution in [0.15, 0.2) is 41.8 Å². The van der Waals surface area contributed by atoms with Gasteiger partial charge in [-0.15, -0.1) is 11.3 Å². The van der Waals surface area contributed by atoms with Gasteiger partial charge in [0.2, 0.25) is 17.7 Å². The van der Waals surface area contributed by atoms with Crippen LogP contribution in [0.3, 0.4) is 0 Å². The van der Waals surface area contributed by atoms with Gasteiger partial charge in [-0.25, -0.2) is 4.98 Å². The van der Waals surface area contributed by atoms with Crippen molar-refractivity contribution in [2.75, 3.05) is 27.2 Å². The molecule has 0 bridgehead atoms. The Bertz CT molecular complexity index is 2620. The number of imide groups is 1. The monoisotopic (exact) mass is 1190 g/mol. The molecule has 4 rings (SSSR count). The van der Waals surface area contributed by atoms with E-state index in [9.17, 15) is 57.8 Å². The fraction of sp³-hybridized carbons (Fsp3) is 0.651. The van der Waals surface area contributed by atoms with E-state index in [1.54, 1.807) is 48.5 Å². The van der Waals surface area contributed by atoms with Crippen LogP contribution in [0.4, 0.5) is 0 Å². The van der Waals surface area contributed by atoms with E-state index in [1.807, 2.05) is 48.6 Å². The fourth-order valence-electron chi connectivity index (χ4n) is 11.1. The zero-order valence-corrected chi connectivity index (χ0v) is 52.0. The molecule has 1 saturated heterocycles. The molecule has 0 saturated carbocycles. The lowest BCUT2D eigenvalue weighted by atomic mass is 9.83. The van der Waals surface area contributed by atoms with Crippen LogP contribution in [0.1, 0.15) is 191 Å². The average molecular weight is 1190 g/mol. The molecule has 3 heterocycles. The number of carboxylic acid groups (broad SMARTS) is 1. The number of aromatic nitrogens is 1. The molecule has 2 aromatic rings.